The average molecular weight is 441 g/mol. The van der Waals surface area contributed by atoms with Crippen molar-refractivity contribution in [2.24, 2.45) is 10.7 Å². The highest BCUT2D eigenvalue weighted by Crippen LogP contribution is 2.19. The largest absolute Gasteiger partial charge is 0.497 e. The summed E-state index contributed by atoms with van der Waals surface area (Å²) in [6.07, 6.45) is 0.803. The summed E-state index contributed by atoms with van der Waals surface area (Å²) in [7, 11) is 3.31. The highest BCUT2D eigenvalue weighted by atomic mass is 127. The number of ether oxygens (including phenoxy) is 2. The summed E-state index contributed by atoms with van der Waals surface area (Å²) in [5.74, 6) is 2.06. The molecule has 0 amide bonds. The van der Waals surface area contributed by atoms with Gasteiger partial charge in [0.1, 0.15) is 11.5 Å². The predicted molar refractivity (Wildman–Crippen MR) is 110 cm³/mol. The molecule has 0 fully saturated rings. The number of aliphatic imine (C=N–C) groups is 1. The minimum Gasteiger partial charge on any atom is -0.497 e. The fourth-order valence-corrected chi connectivity index (χ4v) is 2.21. The van der Waals surface area contributed by atoms with Gasteiger partial charge in [-0.1, -0.05) is 18.2 Å². The summed E-state index contributed by atoms with van der Waals surface area (Å²) in [4.78, 5) is 4.35. The molecule has 0 heterocycles. The third-order valence-corrected chi connectivity index (χ3v) is 3.50. The zero-order valence-corrected chi connectivity index (χ0v) is 16.5. The van der Waals surface area contributed by atoms with E-state index in [1.165, 1.54) is 5.56 Å². The lowest BCUT2D eigenvalue weighted by Gasteiger charge is -2.08. The molecule has 2 aromatic carbocycles. The van der Waals surface area contributed by atoms with Gasteiger partial charge in [-0.2, -0.15) is 0 Å². The van der Waals surface area contributed by atoms with E-state index in [1.54, 1.807) is 14.2 Å². The van der Waals surface area contributed by atoms with E-state index in [1.807, 2.05) is 37.3 Å². The van der Waals surface area contributed by atoms with Gasteiger partial charge in [-0.15, -0.1) is 24.0 Å². The van der Waals surface area contributed by atoms with Gasteiger partial charge in [0.25, 0.3) is 0 Å². The zero-order valence-electron chi connectivity index (χ0n) is 14.2. The van der Waals surface area contributed by atoms with E-state index >= 15 is 0 Å². The van der Waals surface area contributed by atoms with Gasteiger partial charge >= 0.3 is 0 Å². The molecule has 2 aromatic rings. The number of hydrogen-bond donors (Lipinski definition) is 2. The number of anilines is 1. The second-order valence-electron chi connectivity index (χ2n) is 5.18. The van der Waals surface area contributed by atoms with Gasteiger partial charge < -0.3 is 20.5 Å². The first-order valence-corrected chi connectivity index (χ1v) is 7.47. The minimum absolute atomic E-state index is 0. The molecule has 0 aliphatic carbocycles. The Morgan fingerprint density at radius 2 is 1.92 bits per heavy atom. The van der Waals surface area contributed by atoms with Crippen molar-refractivity contribution in [1.29, 1.82) is 0 Å². The summed E-state index contributed by atoms with van der Waals surface area (Å²) in [5, 5.41) is 3.06. The number of aryl methyl sites for hydroxylation is 1. The second-order valence-corrected chi connectivity index (χ2v) is 5.18. The molecule has 0 aliphatic heterocycles. The molecule has 0 radical (unpaired) electrons. The Labute approximate surface area is 160 Å². The van der Waals surface area contributed by atoms with Crippen LogP contribution in [-0.2, 0) is 6.42 Å². The number of halogens is 1. The van der Waals surface area contributed by atoms with Crippen LogP contribution in [0.3, 0.4) is 0 Å². The van der Waals surface area contributed by atoms with Crippen molar-refractivity contribution in [2.75, 3.05) is 26.1 Å². The Balaban J connectivity index is 0.00000288. The van der Waals surface area contributed by atoms with Crippen LogP contribution < -0.4 is 20.5 Å². The number of nitrogens with two attached hydrogens (primary N) is 1. The lowest BCUT2D eigenvalue weighted by molar-refractivity contribution is 0.411. The van der Waals surface area contributed by atoms with Gasteiger partial charge in [0, 0.05) is 18.3 Å². The smallest absolute Gasteiger partial charge is 0.193 e. The standard InChI is InChI=1S/C18H23N3O2.HI/c1-13-7-8-14(11-17(13)23-3)9-10-20-18(19)21-15-5-4-6-16(12-15)22-2;/h4-8,11-12H,9-10H2,1-3H3,(H3,19,20,21);1H. The van der Waals surface area contributed by atoms with E-state index in [0.29, 0.717) is 12.5 Å². The van der Waals surface area contributed by atoms with Crippen molar-refractivity contribution in [3.05, 3.63) is 53.6 Å². The maximum Gasteiger partial charge on any atom is 0.193 e. The zero-order chi connectivity index (χ0) is 16.7. The summed E-state index contributed by atoms with van der Waals surface area (Å²) < 4.78 is 10.5. The predicted octanol–water partition coefficient (Wildman–Crippen LogP) is 3.60. The van der Waals surface area contributed by atoms with Crippen molar-refractivity contribution in [3.8, 4) is 11.5 Å². The molecule has 0 aliphatic rings. The van der Waals surface area contributed by atoms with Crippen molar-refractivity contribution < 1.29 is 9.47 Å². The fraction of sp³-hybridized carbons (Fsp3) is 0.278. The maximum absolute atomic E-state index is 5.91. The number of nitrogens with one attached hydrogen (secondary N) is 1. The number of benzene rings is 2. The molecule has 6 heteroatoms. The van der Waals surface area contributed by atoms with Crippen LogP contribution >= 0.6 is 24.0 Å². The molecule has 5 nitrogen and oxygen atoms in total. The van der Waals surface area contributed by atoms with Crippen molar-refractivity contribution >= 4 is 35.6 Å². The van der Waals surface area contributed by atoms with Crippen LogP contribution in [0, 0.1) is 6.92 Å². The number of hydrogen-bond acceptors (Lipinski definition) is 3. The van der Waals surface area contributed by atoms with Gasteiger partial charge in [-0.3, -0.25) is 4.99 Å². The normalized spacial score (nSPS) is 10.7. The molecular formula is C18H24IN3O2. The van der Waals surface area contributed by atoms with E-state index in [4.69, 9.17) is 15.2 Å². The molecule has 0 spiro atoms. The Bertz CT molecular complexity index is 690. The van der Waals surface area contributed by atoms with Crippen LogP contribution in [-0.4, -0.2) is 26.7 Å². The summed E-state index contributed by atoms with van der Waals surface area (Å²) >= 11 is 0. The highest BCUT2D eigenvalue weighted by molar-refractivity contribution is 14.0. The first-order chi connectivity index (χ1) is 11.1. The second kappa shape index (κ2) is 10.0. The average Bonchev–Trinajstić information content (AvgIpc) is 2.56. The SMILES string of the molecule is COc1cccc(NC(N)=NCCc2ccc(C)c(OC)c2)c1.I. The molecule has 130 valence electrons. The summed E-state index contributed by atoms with van der Waals surface area (Å²) in [6, 6.07) is 13.7. The highest BCUT2D eigenvalue weighted by Gasteiger charge is 2.01. The Hall–Kier alpha value is -1.96. The lowest BCUT2D eigenvalue weighted by Crippen LogP contribution is -2.23. The molecule has 24 heavy (non-hydrogen) atoms. The quantitative estimate of drug-likeness (QED) is 0.409. The van der Waals surface area contributed by atoms with Gasteiger partial charge in [0.05, 0.1) is 14.2 Å². The van der Waals surface area contributed by atoms with Crippen LogP contribution in [0.1, 0.15) is 11.1 Å². The number of nitrogens with zero attached hydrogens (tertiary/aromatic N) is 1. The number of methoxy groups -OCH3 is 2. The Kier molecular flexibility index (Phi) is 8.39. The molecule has 0 aromatic heterocycles. The third-order valence-electron chi connectivity index (χ3n) is 3.50. The summed E-state index contributed by atoms with van der Waals surface area (Å²) in [5.41, 5.74) is 9.06. The Morgan fingerprint density at radius 1 is 1.12 bits per heavy atom. The third kappa shape index (κ3) is 5.92. The van der Waals surface area contributed by atoms with E-state index in [2.05, 4.69) is 22.4 Å². The van der Waals surface area contributed by atoms with Crippen molar-refractivity contribution in [3.63, 3.8) is 0 Å². The molecular weight excluding hydrogens is 417 g/mol. The Morgan fingerprint density at radius 3 is 2.62 bits per heavy atom. The van der Waals surface area contributed by atoms with Crippen LogP contribution in [0.15, 0.2) is 47.5 Å². The molecule has 0 atom stereocenters. The maximum atomic E-state index is 5.91. The fourth-order valence-electron chi connectivity index (χ4n) is 2.21. The lowest BCUT2D eigenvalue weighted by atomic mass is 10.1. The minimum atomic E-state index is 0. The molecule has 0 saturated heterocycles. The molecule has 0 bridgehead atoms. The van der Waals surface area contributed by atoms with Gasteiger partial charge in [-0.25, -0.2) is 0 Å². The van der Waals surface area contributed by atoms with Crippen LogP contribution in [0.4, 0.5) is 5.69 Å². The van der Waals surface area contributed by atoms with Crippen LogP contribution in [0.25, 0.3) is 0 Å². The topological polar surface area (TPSA) is 68.9 Å². The molecule has 0 unspecified atom stereocenters. The molecule has 3 N–H and O–H groups in total. The number of rotatable bonds is 6. The van der Waals surface area contributed by atoms with E-state index in [0.717, 1.165) is 29.2 Å². The monoisotopic (exact) mass is 441 g/mol. The first-order valence-electron chi connectivity index (χ1n) is 7.47. The summed E-state index contributed by atoms with van der Waals surface area (Å²) in [6.45, 7) is 2.63. The van der Waals surface area contributed by atoms with Crippen molar-refractivity contribution in [2.45, 2.75) is 13.3 Å². The van der Waals surface area contributed by atoms with Gasteiger partial charge in [0.15, 0.2) is 5.96 Å². The van der Waals surface area contributed by atoms with E-state index in [9.17, 15) is 0 Å². The van der Waals surface area contributed by atoms with Gasteiger partial charge in [-0.05, 0) is 42.7 Å². The van der Waals surface area contributed by atoms with E-state index < -0.39 is 0 Å². The molecule has 0 saturated carbocycles. The van der Waals surface area contributed by atoms with Crippen LogP contribution in [0.2, 0.25) is 0 Å². The van der Waals surface area contributed by atoms with Crippen LogP contribution in [0.5, 0.6) is 11.5 Å². The molecule has 2 rings (SSSR count). The van der Waals surface area contributed by atoms with Gasteiger partial charge in [0.2, 0.25) is 0 Å². The van der Waals surface area contributed by atoms with E-state index in [-0.39, 0.29) is 24.0 Å². The first kappa shape index (κ1) is 20.1. The number of guanidine groups is 1. The van der Waals surface area contributed by atoms with Crippen molar-refractivity contribution in [1.82, 2.24) is 0 Å².